The molecule has 0 saturated carbocycles. The quantitative estimate of drug-likeness (QED) is 0.805. The van der Waals surface area contributed by atoms with Crippen LogP contribution in [0.2, 0.25) is 0 Å². The Bertz CT molecular complexity index is 816. The van der Waals surface area contributed by atoms with Gasteiger partial charge in [0, 0.05) is 17.7 Å². The van der Waals surface area contributed by atoms with Crippen LogP contribution < -0.4 is 18.9 Å². The molecule has 0 radical (unpaired) electrons. The van der Waals surface area contributed by atoms with Crippen LogP contribution in [-0.2, 0) is 0 Å². The third-order valence-electron chi connectivity index (χ3n) is 3.63. The van der Waals surface area contributed by atoms with Crippen LogP contribution >= 0.6 is 0 Å². The summed E-state index contributed by atoms with van der Waals surface area (Å²) in [5.41, 5.74) is 2.64. The lowest BCUT2D eigenvalue weighted by atomic mass is 10.2. The van der Waals surface area contributed by atoms with Crippen molar-refractivity contribution in [3.05, 3.63) is 30.3 Å². The molecule has 1 N–H and O–H groups in total. The van der Waals surface area contributed by atoms with E-state index in [9.17, 15) is 0 Å². The Labute approximate surface area is 126 Å². The number of rotatable bonds is 3. The highest BCUT2D eigenvalue weighted by atomic mass is 16.7. The number of H-pyrrole nitrogens is 1. The van der Waals surface area contributed by atoms with Gasteiger partial charge in [-0.25, -0.2) is 4.98 Å². The Hall–Kier alpha value is -2.89. The van der Waals surface area contributed by atoms with Gasteiger partial charge in [-0.3, -0.25) is 0 Å². The fourth-order valence-corrected chi connectivity index (χ4v) is 2.52. The Morgan fingerprint density at radius 3 is 2.55 bits per heavy atom. The molecular weight excluding hydrogens is 284 g/mol. The second kappa shape index (κ2) is 4.84. The Morgan fingerprint density at radius 1 is 1.00 bits per heavy atom. The first kappa shape index (κ1) is 12.8. The molecule has 1 aromatic heterocycles. The van der Waals surface area contributed by atoms with E-state index in [1.54, 1.807) is 14.2 Å². The fraction of sp³-hybridized carbons (Fsp3) is 0.188. The standard InChI is InChI=1S/C16H14N2O4/c1-19-12-4-3-9(5-13(12)20-2)16-17-10-6-14-15(22-8-21-14)7-11(10)18-16/h3-7H,8H2,1-2H3,(H,17,18). The van der Waals surface area contributed by atoms with Gasteiger partial charge < -0.3 is 23.9 Å². The maximum absolute atomic E-state index is 5.38. The van der Waals surface area contributed by atoms with Crippen molar-refractivity contribution in [2.75, 3.05) is 21.0 Å². The third-order valence-corrected chi connectivity index (χ3v) is 3.63. The van der Waals surface area contributed by atoms with Crippen molar-refractivity contribution in [3.63, 3.8) is 0 Å². The summed E-state index contributed by atoms with van der Waals surface area (Å²) in [6.45, 7) is 0.254. The molecule has 0 fully saturated rings. The molecule has 0 amide bonds. The van der Waals surface area contributed by atoms with Crippen LogP contribution in [0.15, 0.2) is 30.3 Å². The zero-order chi connectivity index (χ0) is 15.1. The highest BCUT2D eigenvalue weighted by Crippen LogP contribution is 2.37. The zero-order valence-electron chi connectivity index (χ0n) is 12.2. The van der Waals surface area contributed by atoms with E-state index >= 15 is 0 Å². The molecule has 2 aromatic carbocycles. The monoisotopic (exact) mass is 298 g/mol. The van der Waals surface area contributed by atoms with E-state index in [0.717, 1.165) is 33.9 Å². The van der Waals surface area contributed by atoms with Crippen LogP contribution in [0.5, 0.6) is 23.0 Å². The van der Waals surface area contributed by atoms with E-state index in [-0.39, 0.29) is 6.79 Å². The van der Waals surface area contributed by atoms with Gasteiger partial charge in [0.1, 0.15) is 5.82 Å². The van der Waals surface area contributed by atoms with Crippen molar-refractivity contribution >= 4 is 11.0 Å². The number of fused-ring (bicyclic) bond motifs is 2. The van der Waals surface area contributed by atoms with Crippen molar-refractivity contribution in [2.45, 2.75) is 0 Å². The second-order valence-corrected chi connectivity index (χ2v) is 4.88. The van der Waals surface area contributed by atoms with Crippen molar-refractivity contribution in [1.82, 2.24) is 9.97 Å². The number of ether oxygens (including phenoxy) is 4. The van der Waals surface area contributed by atoms with Gasteiger partial charge in [-0.15, -0.1) is 0 Å². The van der Waals surface area contributed by atoms with E-state index in [2.05, 4.69) is 9.97 Å². The minimum absolute atomic E-state index is 0.254. The number of hydrogen-bond donors (Lipinski definition) is 1. The number of benzene rings is 2. The van der Waals surface area contributed by atoms with E-state index in [1.807, 2.05) is 30.3 Å². The molecule has 0 bridgehead atoms. The minimum atomic E-state index is 0.254. The smallest absolute Gasteiger partial charge is 0.231 e. The van der Waals surface area contributed by atoms with Gasteiger partial charge in [-0.2, -0.15) is 0 Å². The first-order valence-electron chi connectivity index (χ1n) is 6.80. The van der Waals surface area contributed by atoms with Crippen LogP contribution in [-0.4, -0.2) is 31.0 Å². The topological polar surface area (TPSA) is 65.6 Å². The summed E-state index contributed by atoms with van der Waals surface area (Å²) in [7, 11) is 3.22. The zero-order valence-corrected chi connectivity index (χ0v) is 12.2. The van der Waals surface area contributed by atoms with Crippen molar-refractivity contribution in [1.29, 1.82) is 0 Å². The number of aromatic nitrogens is 2. The van der Waals surface area contributed by atoms with Gasteiger partial charge in [0.2, 0.25) is 6.79 Å². The lowest BCUT2D eigenvalue weighted by molar-refractivity contribution is 0.174. The Balaban J connectivity index is 1.81. The molecule has 22 heavy (non-hydrogen) atoms. The highest BCUT2D eigenvalue weighted by molar-refractivity contribution is 5.83. The predicted octanol–water partition coefficient (Wildman–Crippen LogP) is 2.98. The van der Waals surface area contributed by atoms with E-state index in [1.165, 1.54) is 0 Å². The van der Waals surface area contributed by atoms with Crippen LogP contribution in [0.25, 0.3) is 22.4 Å². The lowest BCUT2D eigenvalue weighted by Crippen LogP contribution is -1.93. The SMILES string of the molecule is COc1ccc(-c2nc3cc4c(cc3[nH]2)OCO4)cc1OC. The summed E-state index contributed by atoms with van der Waals surface area (Å²) < 4.78 is 21.3. The summed E-state index contributed by atoms with van der Waals surface area (Å²) in [4.78, 5) is 7.89. The molecule has 6 heteroatoms. The van der Waals surface area contributed by atoms with Crippen LogP contribution in [0.3, 0.4) is 0 Å². The van der Waals surface area contributed by atoms with E-state index in [4.69, 9.17) is 18.9 Å². The molecule has 0 aliphatic carbocycles. The number of methoxy groups -OCH3 is 2. The maximum Gasteiger partial charge on any atom is 0.231 e. The van der Waals surface area contributed by atoms with Gasteiger partial charge in [0.15, 0.2) is 23.0 Å². The second-order valence-electron chi connectivity index (χ2n) is 4.88. The molecule has 0 atom stereocenters. The molecule has 0 saturated heterocycles. The number of aromatic amines is 1. The van der Waals surface area contributed by atoms with E-state index in [0.29, 0.717) is 11.5 Å². The number of imidazole rings is 1. The maximum atomic E-state index is 5.38. The van der Waals surface area contributed by atoms with Crippen molar-refractivity contribution in [2.24, 2.45) is 0 Å². The van der Waals surface area contributed by atoms with E-state index < -0.39 is 0 Å². The summed E-state index contributed by atoms with van der Waals surface area (Å²) in [6, 6.07) is 9.44. The largest absolute Gasteiger partial charge is 0.493 e. The first-order valence-corrected chi connectivity index (χ1v) is 6.80. The number of nitrogens with zero attached hydrogens (tertiary/aromatic N) is 1. The molecule has 2 heterocycles. The summed E-state index contributed by atoms with van der Waals surface area (Å²) in [6.07, 6.45) is 0. The van der Waals surface area contributed by atoms with Gasteiger partial charge >= 0.3 is 0 Å². The molecular formula is C16H14N2O4. The Kier molecular flexibility index (Phi) is 2.82. The average molecular weight is 298 g/mol. The van der Waals surface area contributed by atoms with Crippen LogP contribution in [0.1, 0.15) is 0 Å². The van der Waals surface area contributed by atoms with Crippen molar-refractivity contribution < 1.29 is 18.9 Å². The fourth-order valence-electron chi connectivity index (χ4n) is 2.52. The number of nitrogens with one attached hydrogen (secondary N) is 1. The molecule has 6 nitrogen and oxygen atoms in total. The predicted molar refractivity (Wildman–Crippen MR) is 80.8 cm³/mol. The molecule has 3 aromatic rings. The normalized spacial score (nSPS) is 12.6. The average Bonchev–Trinajstić information content (AvgIpc) is 3.17. The molecule has 112 valence electrons. The molecule has 1 aliphatic heterocycles. The Morgan fingerprint density at radius 2 is 1.77 bits per heavy atom. The third kappa shape index (κ3) is 1.92. The molecule has 0 unspecified atom stereocenters. The summed E-state index contributed by atoms with van der Waals surface area (Å²) >= 11 is 0. The molecule has 0 spiro atoms. The van der Waals surface area contributed by atoms with Crippen LogP contribution in [0, 0.1) is 0 Å². The van der Waals surface area contributed by atoms with Crippen LogP contribution in [0.4, 0.5) is 0 Å². The van der Waals surface area contributed by atoms with Gasteiger partial charge in [0.05, 0.1) is 25.3 Å². The van der Waals surface area contributed by atoms with Crippen molar-refractivity contribution in [3.8, 4) is 34.4 Å². The van der Waals surface area contributed by atoms with Gasteiger partial charge in [-0.05, 0) is 18.2 Å². The molecule has 1 aliphatic rings. The summed E-state index contributed by atoms with van der Waals surface area (Å²) in [5, 5.41) is 0. The number of hydrogen-bond acceptors (Lipinski definition) is 5. The molecule has 4 rings (SSSR count). The van der Waals surface area contributed by atoms with Gasteiger partial charge in [0.25, 0.3) is 0 Å². The summed E-state index contributed by atoms with van der Waals surface area (Å²) in [5.74, 6) is 3.55. The van der Waals surface area contributed by atoms with Gasteiger partial charge in [-0.1, -0.05) is 0 Å². The first-order chi connectivity index (χ1) is 10.8. The minimum Gasteiger partial charge on any atom is -0.493 e. The lowest BCUT2D eigenvalue weighted by Gasteiger charge is -2.08. The highest BCUT2D eigenvalue weighted by Gasteiger charge is 2.17.